The number of carbonyl (C=O) groups excluding carboxylic acids is 1. The van der Waals surface area contributed by atoms with E-state index in [9.17, 15) is 4.79 Å². The summed E-state index contributed by atoms with van der Waals surface area (Å²) >= 11 is 3.41. The van der Waals surface area contributed by atoms with E-state index in [-0.39, 0.29) is 11.8 Å². The van der Waals surface area contributed by atoms with E-state index in [1.807, 2.05) is 12.1 Å². The highest BCUT2D eigenvalue weighted by Gasteiger charge is 2.14. The largest absolute Gasteiger partial charge is 0.382 e. The predicted molar refractivity (Wildman–Crippen MR) is 68.0 cm³/mol. The standard InChI is InChI=1S/C13H14BrNO/c1-9(10-2-4-11(14)5-3-10)15-12-6-7-13(16)8-12/h2-5,8-9,15H,6-7H2,1H3. The Morgan fingerprint density at radius 3 is 2.50 bits per heavy atom. The molecule has 16 heavy (non-hydrogen) atoms. The molecule has 0 saturated carbocycles. The van der Waals surface area contributed by atoms with Crippen LogP contribution in [0.3, 0.4) is 0 Å². The van der Waals surface area contributed by atoms with Gasteiger partial charge in [-0.25, -0.2) is 0 Å². The first-order chi connectivity index (χ1) is 7.65. The lowest BCUT2D eigenvalue weighted by molar-refractivity contribution is -0.114. The van der Waals surface area contributed by atoms with Gasteiger partial charge >= 0.3 is 0 Å². The van der Waals surface area contributed by atoms with Gasteiger partial charge in [0.05, 0.1) is 0 Å². The molecule has 1 aromatic rings. The molecular weight excluding hydrogens is 266 g/mol. The Balaban J connectivity index is 2.03. The Hall–Kier alpha value is -1.09. The lowest BCUT2D eigenvalue weighted by Gasteiger charge is -2.16. The molecule has 2 nitrogen and oxygen atoms in total. The molecule has 0 spiro atoms. The monoisotopic (exact) mass is 279 g/mol. The topological polar surface area (TPSA) is 29.1 Å². The van der Waals surface area contributed by atoms with Crippen LogP contribution in [0.5, 0.6) is 0 Å². The van der Waals surface area contributed by atoms with Gasteiger partial charge in [0.25, 0.3) is 0 Å². The van der Waals surface area contributed by atoms with Gasteiger partial charge in [-0.2, -0.15) is 0 Å². The summed E-state index contributed by atoms with van der Waals surface area (Å²) in [6.45, 7) is 2.10. The van der Waals surface area contributed by atoms with Crippen LogP contribution in [0.1, 0.15) is 31.4 Å². The number of carbonyl (C=O) groups is 1. The maximum Gasteiger partial charge on any atom is 0.157 e. The van der Waals surface area contributed by atoms with Crippen LogP contribution in [0.4, 0.5) is 0 Å². The molecule has 2 rings (SSSR count). The summed E-state index contributed by atoms with van der Waals surface area (Å²) in [7, 11) is 0. The number of rotatable bonds is 3. The number of hydrogen-bond acceptors (Lipinski definition) is 2. The van der Waals surface area contributed by atoms with Crippen molar-refractivity contribution in [3.63, 3.8) is 0 Å². The molecule has 0 aliphatic heterocycles. The fraction of sp³-hybridized carbons (Fsp3) is 0.308. The van der Waals surface area contributed by atoms with Crippen molar-refractivity contribution in [3.8, 4) is 0 Å². The van der Waals surface area contributed by atoms with E-state index in [2.05, 4.69) is 40.3 Å². The third kappa shape index (κ3) is 2.73. The molecule has 1 aromatic carbocycles. The van der Waals surface area contributed by atoms with Gasteiger partial charge in [0.2, 0.25) is 0 Å². The lowest BCUT2D eigenvalue weighted by Crippen LogP contribution is -2.16. The van der Waals surface area contributed by atoms with Crippen LogP contribution >= 0.6 is 15.9 Å². The maximum absolute atomic E-state index is 11.1. The SMILES string of the molecule is CC(NC1=CC(=O)CC1)c1ccc(Br)cc1. The maximum atomic E-state index is 11.1. The molecule has 0 amide bonds. The lowest BCUT2D eigenvalue weighted by atomic mass is 10.1. The zero-order valence-corrected chi connectivity index (χ0v) is 10.8. The quantitative estimate of drug-likeness (QED) is 0.920. The third-order valence-corrected chi connectivity index (χ3v) is 3.28. The van der Waals surface area contributed by atoms with Crippen molar-refractivity contribution in [2.75, 3.05) is 0 Å². The molecule has 0 heterocycles. The molecule has 0 aromatic heterocycles. The first-order valence-corrected chi connectivity index (χ1v) is 6.20. The first kappa shape index (κ1) is 11.4. The van der Waals surface area contributed by atoms with Gasteiger partial charge in [-0.15, -0.1) is 0 Å². The molecule has 1 unspecified atom stereocenters. The molecule has 0 saturated heterocycles. The molecular formula is C13H14BrNO. The van der Waals surface area contributed by atoms with Crippen molar-refractivity contribution < 1.29 is 4.79 Å². The number of hydrogen-bond donors (Lipinski definition) is 1. The van der Waals surface area contributed by atoms with E-state index in [0.29, 0.717) is 6.42 Å². The molecule has 1 atom stereocenters. The zero-order valence-electron chi connectivity index (χ0n) is 9.16. The fourth-order valence-electron chi connectivity index (χ4n) is 1.82. The Morgan fingerprint density at radius 2 is 1.94 bits per heavy atom. The number of nitrogens with one attached hydrogen (secondary N) is 1. The molecule has 1 aliphatic carbocycles. The van der Waals surface area contributed by atoms with Crippen molar-refractivity contribution in [2.24, 2.45) is 0 Å². The summed E-state index contributed by atoms with van der Waals surface area (Å²) in [5, 5.41) is 3.37. The second-order valence-corrected chi connectivity index (χ2v) is 4.97. The van der Waals surface area contributed by atoms with E-state index in [1.165, 1.54) is 5.56 Å². The van der Waals surface area contributed by atoms with Crippen LogP contribution in [0.25, 0.3) is 0 Å². The molecule has 0 radical (unpaired) electrons. The van der Waals surface area contributed by atoms with Crippen molar-refractivity contribution in [1.82, 2.24) is 5.32 Å². The van der Waals surface area contributed by atoms with Crippen LogP contribution in [0, 0.1) is 0 Å². The Bertz CT molecular complexity index is 422. The summed E-state index contributed by atoms with van der Waals surface area (Å²) < 4.78 is 1.08. The second-order valence-electron chi connectivity index (χ2n) is 4.05. The van der Waals surface area contributed by atoms with Gasteiger partial charge in [0.15, 0.2) is 5.78 Å². The van der Waals surface area contributed by atoms with E-state index < -0.39 is 0 Å². The van der Waals surface area contributed by atoms with Gasteiger partial charge in [-0.1, -0.05) is 28.1 Å². The van der Waals surface area contributed by atoms with Crippen molar-refractivity contribution in [3.05, 3.63) is 46.1 Å². The number of benzene rings is 1. The van der Waals surface area contributed by atoms with Gasteiger partial charge < -0.3 is 5.32 Å². The minimum atomic E-state index is 0.227. The molecule has 0 bridgehead atoms. The molecule has 0 fully saturated rings. The van der Waals surface area contributed by atoms with Gasteiger partial charge in [-0.3, -0.25) is 4.79 Å². The summed E-state index contributed by atoms with van der Waals surface area (Å²) in [5.41, 5.74) is 2.28. The highest BCUT2D eigenvalue weighted by atomic mass is 79.9. The zero-order chi connectivity index (χ0) is 11.5. The summed E-state index contributed by atoms with van der Waals surface area (Å²) in [4.78, 5) is 11.1. The minimum Gasteiger partial charge on any atom is -0.382 e. The normalized spacial score (nSPS) is 17.1. The van der Waals surface area contributed by atoms with E-state index in [4.69, 9.17) is 0 Å². The van der Waals surface area contributed by atoms with Gasteiger partial charge in [0, 0.05) is 28.7 Å². The average Bonchev–Trinajstić information content (AvgIpc) is 2.65. The van der Waals surface area contributed by atoms with Crippen LogP contribution < -0.4 is 5.32 Å². The molecule has 3 heteroatoms. The van der Waals surface area contributed by atoms with Crippen molar-refractivity contribution in [1.29, 1.82) is 0 Å². The van der Waals surface area contributed by atoms with Gasteiger partial charge in [0.1, 0.15) is 0 Å². The minimum absolute atomic E-state index is 0.227. The molecule has 1 N–H and O–H groups in total. The Kier molecular flexibility index (Phi) is 3.44. The number of ketones is 1. The predicted octanol–water partition coefficient (Wildman–Crippen LogP) is 3.35. The molecule has 1 aliphatic rings. The summed E-state index contributed by atoms with van der Waals surface area (Å²) in [6, 6.07) is 8.46. The smallest absolute Gasteiger partial charge is 0.157 e. The Morgan fingerprint density at radius 1 is 1.25 bits per heavy atom. The second kappa shape index (κ2) is 4.83. The highest BCUT2D eigenvalue weighted by molar-refractivity contribution is 9.10. The van der Waals surface area contributed by atoms with Crippen LogP contribution in [0.2, 0.25) is 0 Å². The fourth-order valence-corrected chi connectivity index (χ4v) is 2.09. The van der Waals surface area contributed by atoms with E-state index in [0.717, 1.165) is 16.6 Å². The van der Waals surface area contributed by atoms with Crippen LogP contribution in [-0.2, 0) is 4.79 Å². The van der Waals surface area contributed by atoms with E-state index in [1.54, 1.807) is 6.08 Å². The number of halogens is 1. The van der Waals surface area contributed by atoms with E-state index >= 15 is 0 Å². The third-order valence-electron chi connectivity index (χ3n) is 2.75. The number of allylic oxidation sites excluding steroid dienone is 2. The first-order valence-electron chi connectivity index (χ1n) is 5.40. The summed E-state index contributed by atoms with van der Waals surface area (Å²) in [5.74, 6) is 0.227. The van der Waals surface area contributed by atoms with Crippen molar-refractivity contribution >= 4 is 21.7 Å². The van der Waals surface area contributed by atoms with Crippen LogP contribution in [-0.4, -0.2) is 5.78 Å². The summed E-state index contributed by atoms with van der Waals surface area (Å²) in [6.07, 6.45) is 3.21. The molecule has 84 valence electrons. The highest BCUT2D eigenvalue weighted by Crippen LogP contribution is 2.20. The van der Waals surface area contributed by atoms with Crippen molar-refractivity contribution in [2.45, 2.75) is 25.8 Å². The van der Waals surface area contributed by atoms with Crippen LogP contribution in [0.15, 0.2) is 40.5 Å². The van der Waals surface area contributed by atoms with Gasteiger partial charge in [-0.05, 0) is 31.0 Å². The average molecular weight is 280 g/mol. The Labute approximate surface area is 104 Å².